The van der Waals surface area contributed by atoms with Gasteiger partial charge in [-0.25, -0.2) is 9.67 Å². The van der Waals surface area contributed by atoms with Gasteiger partial charge in [0.1, 0.15) is 6.33 Å². The number of benzene rings is 2. The van der Waals surface area contributed by atoms with E-state index in [0.29, 0.717) is 18.7 Å². The SMILES string of the molecule is O=C(c1ccc(-n2cnnn2)cc1)N1Cc2[nH]cnc2C(CCc2ccccc2)C1. The van der Waals surface area contributed by atoms with E-state index >= 15 is 0 Å². The first kappa shape index (κ1) is 18.2. The number of aromatic amines is 1. The Hall–Kier alpha value is -3.81. The maximum Gasteiger partial charge on any atom is 0.254 e. The van der Waals surface area contributed by atoms with Crippen molar-refractivity contribution < 1.29 is 4.79 Å². The molecule has 5 rings (SSSR count). The predicted molar refractivity (Wildman–Crippen MR) is 110 cm³/mol. The molecule has 0 bridgehead atoms. The Morgan fingerprint density at radius 3 is 2.70 bits per heavy atom. The van der Waals surface area contributed by atoms with Gasteiger partial charge >= 0.3 is 0 Å². The summed E-state index contributed by atoms with van der Waals surface area (Å²) >= 11 is 0. The highest BCUT2D eigenvalue weighted by Crippen LogP contribution is 2.30. The van der Waals surface area contributed by atoms with E-state index in [1.807, 2.05) is 35.2 Å². The highest BCUT2D eigenvalue weighted by atomic mass is 16.2. The van der Waals surface area contributed by atoms with Gasteiger partial charge in [0.25, 0.3) is 5.91 Å². The third kappa shape index (κ3) is 3.59. The van der Waals surface area contributed by atoms with Gasteiger partial charge in [-0.3, -0.25) is 4.79 Å². The number of hydrogen-bond acceptors (Lipinski definition) is 5. The van der Waals surface area contributed by atoms with Crippen LogP contribution >= 0.6 is 0 Å². The second kappa shape index (κ2) is 7.90. The summed E-state index contributed by atoms with van der Waals surface area (Å²) in [5.41, 5.74) is 4.88. The Labute approximate surface area is 173 Å². The van der Waals surface area contributed by atoms with Crippen molar-refractivity contribution in [3.8, 4) is 5.69 Å². The molecule has 0 saturated carbocycles. The first-order chi connectivity index (χ1) is 14.8. The van der Waals surface area contributed by atoms with E-state index in [1.54, 1.807) is 11.0 Å². The lowest BCUT2D eigenvalue weighted by molar-refractivity contribution is 0.0711. The van der Waals surface area contributed by atoms with Crippen LogP contribution in [0.5, 0.6) is 0 Å². The maximum absolute atomic E-state index is 13.2. The fraction of sp³-hybridized carbons (Fsp3) is 0.227. The van der Waals surface area contributed by atoms with Gasteiger partial charge in [-0.15, -0.1) is 5.10 Å². The Kier molecular flexibility index (Phi) is 4.80. The molecular weight excluding hydrogens is 378 g/mol. The molecule has 8 heteroatoms. The van der Waals surface area contributed by atoms with Crippen LogP contribution in [-0.4, -0.2) is 47.5 Å². The van der Waals surface area contributed by atoms with Crippen LogP contribution < -0.4 is 0 Å². The van der Waals surface area contributed by atoms with Crippen LogP contribution in [0.2, 0.25) is 0 Å². The highest BCUT2D eigenvalue weighted by Gasteiger charge is 2.30. The first-order valence-electron chi connectivity index (χ1n) is 9.97. The Morgan fingerprint density at radius 2 is 1.93 bits per heavy atom. The van der Waals surface area contributed by atoms with Gasteiger partial charge in [0.15, 0.2) is 0 Å². The second-order valence-corrected chi connectivity index (χ2v) is 7.47. The smallest absolute Gasteiger partial charge is 0.254 e. The fourth-order valence-corrected chi connectivity index (χ4v) is 4.01. The van der Waals surface area contributed by atoms with Crippen molar-refractivity contribution in [2.75, 3.05) is 6.54 Å². The summed E-state index contributed by atoms with van der Waals surface area (Å²) in [6, 6.07) is 17.8. The number of imidazole rings is 1. The summed E-state index contributed by atoms with van der Waals surface area (Å²) in [4.78, 5) is 22.9. The van der Waals surface area contributed by atoms with E-state index in [0.717, 1.165) is 29.9 Å². The maximum atomic E-state index is 13.2. The lowest BCUT2D eigenvalue weighted by Crippen LogP contribution is -2.38. The van der Waals surface area contributed by atoms with Gasteiger partial charge in [0.05, 0.1) is 29.9 Å². The average molecular weight is 399 g/mol. The van der Waals surface area contributed by atoms with Gasteiger partial charge in [-0.05, 0) is 53.1 Å². The summed E-state index contributed by atoms with van der Waals surface area (Å²) < 4.78 is 1.56. The monoisotopic (exact) mass is 399 g/mol. The number of fused-ring (bicyclic) bond motifs is 1. The number of tetrazole rings is 1. The second-order valence-electron chi connectivity index (χ2n) is 7.47. The van der Waals surface area contributed by atoms with Crippen molar-refractivity contribution in [2.45, 2.75) is 25.3 Å². The van der Waals surface area contributed by atoms with Gasteiger partial charge in [-0.2, -0.15) is 0 Å². The molecule has 150 valence electrons. The number of hydrogen-bond donors (Lipinski definition) is 1. The van der Waals surface area contributed by atoms with Crippen molar-refractivity contribution in [3.05, 3.63) is 89.8 Å². The minimum absolute atomic E-state index is 0.0169. The topological polar surface area (TPSA) is 92.6 Å². The van der Waals surface area contributed by atoms with E-state index in [-0.39, 0.29) is 11.8 Å². The van der Waals surface area contributed by atoms with E-state index in [4.69, 9.17) is 0 Å². The molecule has 2 aromatic carbocycles. The molecule has 1 amide bonds. The van der Waals surface area contributed by atoms with Crippen LogP contribution in [0.4, 0.5) is 0 Å². The molecule has 0 aliphatic carbocycles. The van der Waals surface area contributed by atoms with Gasteiger partial charge in [0, 0.05) is 18.0 Å². The number of amides is 1. The molecule has 0 fully saturated rings. The normalized spacial score (nSPS) is 15.7. The van der Waals surface area contributed by atoms with Crippen molar-refractivity contribution >= 4 is 5.91 Å². The van der Waals surface area contributed by atoms with E-state index in [9.17, 15) is 4.79 Å². The zero-order chi connectivity index (χ0) is 20.3. The molecule has 1 atom stereocenters. The first-order valence-corrected chi connectivity index (χ1v) is 9.97. The van der Waals surface area contributed by atoms with Crippen LogP contribution in [0, 0.1) is 0 Å². The Morgan fingerprint density at radius 1 is 1.10 bits per heavy atom. The Bertz CT molecular complexity index is 1120. The van der Waals surface area contributed by atoms with Crippen LogP contribution in [0.15, 0.2) is 67.3 Å². The molecular formula is C22H21N7O. The molecule has 1 unspecified atom stereocenters. The zero-order valence-corrected chi connectivity index (χ0v) is 16.3. The van der Waals surface area contributed by atoms with Gasteiger partial charge < -0.3 is 9.88 Å². The third-order valence-corrected chi connectivity index (χ3v) is 5.57. The highest BCUT2D eigenvalue weighted by molar-refractivity contribution is 5.94. The molecule has 0 spiro atoms. The molecule has 8 nitrogen and oxygen atoms in total. The molecule has 0 radical (unpaired) electrons. The van der Waals surface area contributed by atoms with Crippen molar-refractivity contribution in [1.29, 1.82) is 0 Å². The van der Waals surface area contributed by atoms with E-state index in [1.165, 1.54) is 11.9 Å². The van der Waals surface area contributed by atoms with Crippen LogP contribution in [0.1, 0.15) is 39.6 Å². The van der Waals surface area contributed by atoms with Crippen LogP contribution in [0.3, 0.4) is 0 Å². The number of aromatic nitrogens is 6. The number of carbonyl (C=O) groups excluding carboxylic acids is 1. The fourth-order valence-electron chi connectivity index (χ4n) is 4.01. The minimum Gasteiger partial charge on any atom is -0.347 e. The molecule has 1 aliphatic rings. The summed E-state index contributed by atoms with van der Waals surface area (Å²) in [5, 5.41) is 11.2. The number of nitrogens with zero attached hydrogens (tertiary/aromatic N) is 6. The quantitative estimate of drug-likeness (QED) is 0.557. The molecule has 1 N–H and O–H groups in total. The average Bonchev–Trinajstić information content (AvgIpc) is 3.50. The van der Waals surface area contributed by atoms with E-state index in [2.05, 4.69) is 49.8 Å². The zero-order valence-electron chi connectivity index (χ0n) is 16.3. The number of H-pyrrole nitrogens is 1. The summed E-state index contributed by atoms with van der Waals surface area (Å²) in [6.45, 7) is 1.21. The predicted octanol–water partition coefficient (Wildman–Crippen LogP) is 2.76. The van der Waals surface area contributed by atoms with Gasteiger partial charge in [0.2, 0.25) is 0 Å². The van der Waals surface area contributed by atoms with Crippen molar-refractivity contribution in [1.82, 2.24) is 35.1 Å². The molecule has 0 saturated heterocycles. The van der Waals surface area contributed by atoms with Crippen LogP contribution in [-0.2, 0) is 13.0 Å². The van der Waals surface area contributed by atoms with Gasteiger partial charge in [-0.1, -0.05) is 30.3 Å². The molecule has 3 heterocycles. The largest absolute Gasteiger partial charge is 0.347 e. The third-order valence-electron chi connectivity index (χ3n) is 5.57. The molecule has 2 aromatic heterocycles. The summed E-state index contributed by atoms with van der Waals surface area (Å²) in [5.74, 6) is 0.230. The Balaban J connectivity index is 1.32. The van der Waals surface area contributed by atoms with E-state index < -0.39 is 0 Å². The lowest BCUT2D eigenvalue weighted by Gasteiger charge is -2.32. The standard InChI is InChI=1S/C22H21N7O/c30-22(17-8-10-19(11-9-17)29-15-25-26-27-29)28-12-18(21-20(13-28)23-14-24-21)7-6-16-4-2-1-3-5-16/h1-5,8-11,14-15,18H,6-7,12-13H2,(H,23,24). The minimum atomic E-state index is 0.0169. The summed E-state index contributed by atoms with van der Waals surface area (Å²) in [6.07, 6.45) is 5.16. The number of nitrogens with one attached hydrogen (secondary N) is 1. The summed E-state index contributed by atoms with van der Waals surface area (Å²) in [7, 11) is 0. The molecule has 4 aromatic rings. The van der Waals surface area contributed by atoms with Crippen LogP contribution in [0.25, 0.3) is 5.69 Å². The number of aryl methyl sites for hydroxylation is 1. The molecule has 30 heavy (non-hydrogen) atoms. The molecule has 1 aliphatic heterocycles. The van der Waals surface area contributed by atoms with Crippen molar-refractivity contribution in [2.24, 2.45) is 0 Å². The number of rotatable bonds is 5. The van der Waals surface area contributed by atoms with Crippen molar-refractivity contribution in [3.63, 3.8) is 0 Å². The lowest BCUT2D eigenvalue weighted by atomic mass is 9.91. The number of carbonyl (C=O) groups is 1.